The summed E-state index contributed by atoms with van der Waals surface area (Å²) in [5, 5.41) is 13.7. The van der Waals surface area contributed by atoms with Crippen LogP contribution in [0.5, 0.6) is 0 Å². The zero-order chi connectivity index (χ0) is 20.4. The summed E-state index contributed by atoms with van der Waals surface area (Å²) < 4.78 is 39.0. The van der Waals surface area contributed by atoms with E-state index in [1.54, 1.807) is 29.2 Å². The van der Waals surface area contributed by atoms with Gasteiger partial charge in [0.05, 0.1) is 13.2 Å². The largest absolute Gasteiger partial charge is 0.477 e. The van der Waals surface area contributed by atoms with Crippen LogP contribution in [-0.4, -0.2) is 85.7 Å². The van der Waals surface area contributed by atoms with Gasteiger partial charge in [0.2, 0.25) is 0 Å². The lowest BCUT2D eigenvalue weighted by Gasteiger charge is -2.37. The fraction of sp³-hybridized carbons (Fsp3) is 0.444. The summed E-state index contributed by atoms with van der Waals surface area (Å²) in [5.41, 5.74) is 0.609. The molecule has 0 amide bonds. The Balaban J connectivity index is 1.52. The Labute approximate surface area is 168 Å². The van der Waals surface area contributed by atoms with Gasteiger partial charge in [0, 0.05) is 44.8 Å². The van der Waals surface area contributed by atoms with E-state index < -0.39 is 16.2 Å². The highest BCUT2D eigenvalue weighted by atomic mass is 32.2. The van der Waals surface area contributed by atoms with Gasteiger partial charge in [0.15, 0.2) is 17.1 Å². The minimum atomic E-state index is -3.56. The van der Waals surface area contributed by atoms with Crippen molar-refractivity contribution in [3.05, 3.63) is 35.9 Å². The highest BCUT2D eigenvalue weighted by Crippen LogP contribution is 2.32. The number of benzene rings is 1. The molecule has 2 saturated heterocycles. The average molecular weight is 422 g/mol. The molecule has 156 valence electrons. The van der Waals surface area contributed by atoms with Crippen molar-refractivity contribution in [1.29, 1.82) is 0 Å². The minimum absolute atomic E-state index is 0.0133. The van der Waals surface area contributed by atoms with E-state index in [-0.39, 0.29) is 30.2 Å². The van der Waals surface area contributed by atoms with E-state index >= 15 is 0 Å². The SMILES string of the molecule is O=C(O)c1c(N2CCN(S(=O)(=O)N3CCOCC3)CC2)noc1-c1ccccc1. The molecule has 11 heteroatoms. The molecule has 1 aromatic carbocycles. The number of aromatic nitrogens is 1. The number of morpholine rings is 1. The second kappa shape index (κ2) is 8.11. The van der Waals surface area contributed by atoms with Crippen molar-refractivity contribution in [2.24, 2.45) is 0 Å². The van der Waals surface area contributed by atoms with E-state index in [2.05, 4.69) is 5.16 Å². The molecule has 2 fully saturated rings. The lowest BCUT2D eigenvalue weighted by Crippen LogP contribution is -2.55. The summed E-state index contributed by atoms with van der Waals surface area (Å²) >= 11 is 0. The van der Waals surface area contributed by atoms with Gasteiger partial charge in [0.25, 0.3) is 10.2 Å². The van der Waals surface area contributed by atoms with E-state index in [1.165, 1.54) is 8.61 Å². The summed E-state index contributed by atoms with van der Waals surface area (Å²) in [6, 6.07) is 8.92. The number of ether oxygens (including phenoxy) is 1. The van der Waals surface area contributed by atoms with Crippen LogP contribution in [-0.2, 0) is 14.9 Å². The third-order valence-electron chi connectivity index (χ3n) is 5.08. The maximum atomic E-state index is 12.8. The lowest BCUT2D eigenvalue weighted by atomic mass is 10.1. The van der Waals surface area contributed by atoms with Crippen molar-refractivity contribution in [3.8, 4) is 11.3 Å². The zero-order valence-corrected chi connectivity index (χ0v) is 16.5. The maximum Gasteiger partial charge on any atom is 0.343 e. The first kappa shape index (κ1) is 19.8. The molecule has 1 N–H and O–H groups in total. The highest BCUT2D eigenvalue weighted by Gasteiger charge is 2.35. The number of anilines is 1. The second-order valence-corrected chi connectivity index (χ2v) is 8.72. The fourth-order valence-electron chi connectivity index (χ4n) is 3.55. The second-order valence-electron chi connectivity index (χ2n) is 6.79. The Kier molecular flexibility index (Phi) is 5.54. The molecule has 0 spiro atoms. The summed E-state index contributed by atoms with van der Waals surface area (Å²) in [4.78, 5) is 13.7. The molecule has 2 aliphatic heterocycles. The first-order valence-corrected chi connectivity index (χ1v) is 10.7. The molecule has 1 aromatic heterocycles. The average Bonchev–Trinajstić information content (AvgIpc) is 3.21. The number of carboxylic acid groups (broad SMARTS) is 1. The van der Waals surface area contributed by atoms with Crippen molar-refractivity contribution in [2.45, 2.75) is 0 Å². The molecule has 0 saturated carbocycles. The van der Waals surface area contributed by atoms with Gasteiger partial charge in [-0.25, -0.2) is 4.79 Å². The third-order valence-corrected chi connectivity index (χ3v) is 7.12. The van der Waals surface area contributed by atoms with Gasteiger partial charge < -0.3 is 19.3 Å². The van der Waals surface area contributed by atoms with Gasteiger partial charge in [-0.15, -0.1) is 0 Å². The Bertz CT molecular complexity index is 963. The van der Waals surface area contributed by atoms with Crippen molar-refractivity contribution < 1.29 is 27.6 Å². The first-order chi connectivity index (χ1) is 14.0. The molecule has 0 aliphatic carbocycles. The van der Waals surface area contributed by atoms with Gasteiger partial charge in [-0.05, 0) is 0 Å². The third kappa shape index (κ3) is 3.86. The van der Waals surface area contributed by atoms with Crippen LogP contribution in [0.1, 0.15) is 10.4 Å². The normalized spacial score (nSPS) is 19.4. The molecule has 0 unspecified atom stereocenters. The molecule has 0 atom stereocenters. The minimum Gasteiger partial charge on any atom is -0.477 e. The maximum absolute atomic E-state index is 12.8. The Morgan fingerprint density at radius 3 is 2.21 bits per heavy atom. The predicted octanol–water partition coefficient (Wildman–Crippen LogP) is 0.739. The Hall–Kier alpha value is -2.47. The number of rotatable bonds is 5. The summed E-state index contributed by atoms with van der Waals surface area (Å²) in [6.45, 7) is 2.60. The summed E-state index contributed by atoms with van der Waals surface area (Å²) in [5.74, 6) is -0.722. The van der Waals surface area contributed by atoms with Crippen LogP contribution in [0.4, 0.5) is 5.82 Å². The quantitative estimate of drug-likeness (QED) is 0.750. The van der Waals surface area contributed by atoms with E-state index in [1.807, 2.05) is 6.07 Å². The molecule has 2 aromatic rings. The lowest BCUT2D eigenvalue weighted by molar-refractivity contribution is 0.0697. The van der Waals surface area contributed by atoms with Gasteiger partial charge >= 0.3 is 5.97 Å². The van der Waals surface area contributed by atoms with E-state index in [4.69, 9.17) is 9.26 Å². The van der Waals surface area contributed by atoms with Crippen LogP contribution in [0.3, 0.4) is 0 Å². The zero-order valence-electron chi connectivity index (χ0n) is 15.7. The Morgan fingerprint density at radius 1 is 0.966 bits per heavy atom. The van der Waals surface area contributed by atoms with Crippen molar-refractivity contribution in [1.82, 2.24) is 13.8 Å². The molecule has 4 rings (SSSR count). The predicted molar refractivity (Wildman–Crippen MR) is 104 cm³/mol. The van der Waals surface area contributed by atoms with Gasteiger partial charge in [-0.2, -0.15) is 17.0 Å². The number of aromatic carboxylic acids is 1. The topological polar surface area (TPSA) is 116 Å². The number of hydrogen-bond acceptors (Lipinski definition) is 7. The molecule has 3 heterocycles. The number of hydrogen-bond donors (Lipinski definition) is 1. The van der Waals surface area contributed by atoms with Crippen LogP contribution < -0.4 is 4.90 Å². The Morgan fingerprint density at radius 2 is 1.59 bits per heavy atom. The number of piperazine rings is 1. The number of carbonyl (C=O) groups is 1. The molecular weight excluding hydrogens is 400 g/mol. The fourth-order valence-corrected chi connectivity index (χ4v) is 5.11. The van der Waals surface area contributed by atoms with Gasteiger partial charge in [0.1, 0.15) is 0 Å². The smallest absolute Gasteiger partial charge is 0.343 e. The molecular formula is C18H22N4O6S. The van der Waals surface area contributed by atoms with E-state index in [0.29, 0.717) is 45.0 Å². The van der Waals surface area contributed by atoms with Crippen molar-refractivity contribution in [2.75, 3.05) is 57.4 Å². The number of carboxylic acids is 1. The van der Waals surface area contributed by atoms with Gasteiger partial charge in [-0.3, -0.25) is 0 Å². The molecule has 29 heavy (non-hydrogen) atoms. The molecule has 2 aliphatic rings. The van der Waals surface area contributed by atoms with Crippen LogP contribution in [0, 0.1) is 0 Å². The van der Waals surface area contributed by atoms with Gasteiger partial charge in [-0.1, -0.05) is 35.5 Å². The van der Waals surface area contributed by atoms with Crippen molar-refractivity contribution >= 4 is 22.0 Å². The van der Waals surface area contributed by atoms with Crippen LogP contribution >= 0.6 is 0 Å². The first-order valence-electron chi connectivity index (χ1n) is 9.35. The van der Waals surface area contributed by atoms with Crippen LogP contribution in [0.2, 0.25) is 0 Å². The van der Waals surface area contributed by atoms with Crippen LogP contribution in [0.25, 0.3) is 11.3 Å². The van der Waals surface area contributed by atoms with E-state index in [0.717, 1.165) is 0 Å². The summed E-state index contributed by atoms with van der Waals surface area (Å²) in [6.07, 6.45) is 0. The monoisotopic (exact) mass is 422 g/mol. The summed E-state index contributed by atoms with van der Waals surface area (Å²) in [7, 11) is -3.56. The standard InChI is InChI=1S/C18H22N4O6S/c23-18(24)15-16(14-4-2-1-3-5-14)28-19-17(15)20-6-8-21(9-7-20)29(25,26)22-10-12-27-13-11-22/h1-5H,6-13H2,(H,23,24). The van der Waals surface area contributed by atoms with Crippen molar-refractivity contribution in [3.63, 3.8) is 0 Å². The number of nitrogens with zero attached hydrogens (tertiary/aromatic N) is 4. The molecule has 0 radical (unpaired) electrons. The van der Waals surface area contributed by atoms with Crippen LogP contribution in [0.15, 0.2) is 34.9 Å². The molecule has 10 nitrogen and oxygen atoms in total. The molecule has 0 bridgehead atoms. The highest BCUT2D eigenvalue weighted by molar-refractivity contribution is 7.86. The van der Waals surface area contributed by atoms with E-state index in [9.17, 15) is 18.3 Å².